The molecule has 0 amide bonds. The molecule has 4 heteroatoms. The molecule has 90 valence electrons. The van der Waals surface area contributed by atoms with E-state index in [0.29, 0.717) is 6.54 Å². The van der Waals surface area contributed by atoms with E-state index in [1.807, 2.05) is 12.1 Å². The van der Waals surface area contributed by atoms with Gasteiger partial charge in [-0.25, -0.2) is 0 Å². The van der Waals surface area contributed by atoms with Crippen molar-refractivity contribution in [3.05, 3.63) is 28.2 Å². The van der Waals surface area contributed by atoms with Crippen LogP contribution in [0.2, 0.25) is 0 Å². The first kappa shape index (κ1) is 13.5. The van der Waals surface area contributed by atoms with Gasteiger partial charge in [0, 0.05) is 12.6 Å². The average molecular weight is 287 g/mol. The van der Waals surface area contributed by atoms with E-state index in [1.54, 1.807) is 7.11 Å². The van der Waals surface area contributed by atoms with Crippen molar-refractivity contribution in [3.8, 4) is 5.75 Å². The number of hydrogen-bond acceptors (Lipinski definition) is 3. The summed E-state index contributed by atoms with van der Waals surface area (Å²) >= 11 is 3.48. The lowest BCUT2D eigenvalue weighted by atomic mass is 10.1. The number of rotatable bonds is 6. The van der Waals surface area contributed by atoms with Crippen molar-refractivity contribution in [2.45, 2.75) is 19.4 Å². The lowest BCUT2D eigenvalue weighted by Crippen LogP contribution is -2.28. The molecular weight excluding hydrogens is 268 g/mol. The number of hydrogen-bond donors (Lipinski definition) is 2. The molecule has 1 unspecified atom stereocenters. The summed E-state index contributed by atoms with van der Waals surface area (Å²) in [6.45, 7) is 3.72. The SMILES string of the molecule is CCCNC(CN)c1ccc(OC)c(Br)c1. The van der Waals surface area contributed by atoms with E-state index in [-0.39, 0.29) is 6.04 Å². The number of nitrogens with two attached hydrogens (primary N) is 1. The van der Waals surface area contributed by atoms with Crippen molar-refractivity contribution >= 4 is 15.9 Å². The van der Waals surface area contributed by atoms with E-state index >= 15 is 0 Å². The van der Waals surface area contributed by atoms with Gasteiger partial charge >= 0.3 is 0 Å². The van der Waals surface area contributed by atoms with E-state index in [0.717, 1.165) is 23.2 Å². The van der Waals surface area contributed by atoms with Gasteiger partial charge in [0.15, 0.2) is 0 Å². The van der Waals surface area contributed by atoms with Crippen LogP contribution in [0.3, 0.4) is 0 Å². The largest absolute Gasteiger partial charge is 0.496 e. The van der Waals surface area contributed by atoms with Crippen LogP contribution in [0.15, 0.2) is 22.7 Å². The van der Waals surface area contributed by atoms with Gasteiger partial charge in [-0.2, -0.15) is 0 Å². The van der Waals surface area contributed by atoms with Crippen LogP contribution < -0.4 is 15.8 Å². The van der Waals surface area contributed by atoms with Crippen LogP contribution in [-0.4, -0.2) is 20.2 Å². The second kappa shape index (κ2) is 6.89. The third-order valence-electron chi connectivity index (χ3n) is 2.45. The van der Waals surface area contributed by atoms with Crippen molar-refractivity contribution in [1.82, 2.24) is 5.32 Å². The Labute approximate surface area is 105 Å². The van der Waals surface area contributed by atoms with Gasteiger partial charge in [0.25, 0.3) is 0 Å². The highest BCUT2D eigenvalue weighted by atomic mass is 79.9. The second-order valence-electron chi connectivity index (χ2n) is 3.64. The number of benzene rings is 1. The van der Waals surface area contributed by atoms with Gasteiger partial charge in [0.2, 0.25) is 0 Å². The summed E-state index contributed by atoms with van der Waals surface area (Å²) in [4.78, 5) is 0. The molecule has 0 saturated heterocycles. The molecule has 1 atom stereocenters. The van der Waals surface area contributed by atoms with Crippen molar-refractivity contribution in [3.63, 3.8) is 0 Å². The van der Waals surface area contributed by atoms with Crippen LogP contribution in [0.25, 0.3) is 0 Å². The van der Waals surface area contributed by atoms with E-state index in [9.17, 15) is 0 Å². The minimum absolute atomic E-state index is 0.210. The monoisotopic (exact) mass is 286 g/mol. The minimum Gasteiger partial charge on any atom is -0.496 e. The fraction of sp³-hybridized carbons (Fsp3) is 0.500. The summed E-state index contributed by atoms with van der Waals surface area (Å²) in [6, 6.07) is 6.26. The zero-order valence-corrected chi connectivity index (χ0v) is 11.4. The summed E-state index contributed by atoms with van der Waals surface area (Å²) < 4.78 is 6.16. The van der Waals surface area contributed by atoms with Gasteiger partial charge in [0.05, 0.1) is 11.6 Å². The first-order valence-electron chi connectivity index (χ1n) is 5.49. The van der Waals surface area contributed by atoms with Crippen LogP contribution in [-0.2, 0) is 0 Å². The molecule has 0 bridgehead atoms. The zero-order chi connectivity index (χ0) is 12.0. The predicted molar refractivity (Wildman–Crippen MR) is 70.8 cm³/mol. The molecule has 0 aliphatic heterocycles. The summed E-state index contributed by atoms with van der Waals surface area (Å²) in [5.41, 5.74) is 6.94. The van der Waals surface area contributed by atoms with E-state index in [2.05, 4.69) is 34.2 Å². The fourth-order valence-corrected chi connectivity index (χ4v) is 2.11. The van der Waals surface area contributed by atoms with Gasteiger partial charge in [-0.05, 0) is 46.6 Å². The summed E-state index contributed by atoms with van der Waals surface area (Å²) in [5, 5.41) is 3.41. The number of nitrogens with one attached hydrogen (secondary N) is 1. The van der Waals surface area contributed by atoms with E-state index in [4.69, 9.17) is 10.5 Å². The zero-order valence-electron chi connectivity index (χ0n) is 9.79. The van der Waals surface area contributed by atoms with Gasteiger partial charge in [-0.15, -0.1) is 0 Å². The molecule has 0 aliphatic carbocycles. The van der Waals surface area contributed by atoms with Crippen molar-refractivity contribution in [1.29, 1.82) is 0 Å². The maximum absolute atomic E-state index is 5.76. The average Bonchev–Trinajstić information content (AvgIpc) is 2.30. The highest BCUT2D eigenvalue weighted by molar-refractivity contribution is 9.10. The Hall–Kier alpha value is -0.580. The Kier molecular flexibility index (Phi) is 5.80. The number of ether oxygens (including phenoxy) is 1. The Bertz CT molecular complexity index is 331. The second-order valence-corrected chi connectivity index (χ2v) is 4.49. The standard InChI is InChI=1S/C12H19BrN2O/c1-3-6-15-11(8-14)9-4-5-12(16-2)10(13)7-9/h4-5,7,11,15H,3,6,8,14H2,1-2H3. The van der Waals surface area contributed by atoms with Gasteiger partial charge in [-0.3, -0.25) is 0 Å². The molecule has 3 N–H and O–H groups in total. The molecule has 0 aliphatic rings. The third kappa shape index (κ3) is 3.47. The van der Waals surface area contributed by atoms with E-state index < -0.39 is 0 Å². The van der Waals surface area contributed by atoms with Gasteiger partial charge in [-0.1, -0.05) is 13.0 Å². The molecular formula is C12H19BrN2O. The molecule has 16 heavy (non-hydrogen) atoms. The molecule has 0 fully saturated rings. The number of methoxy groups -OCH3 is 1. The van der Waals surface area contributed by atoms with Crippen LogP contribution in [0.5, 0.6) is 5.75 Å². The number of halogens is 1. The van der Waals surface area contributed by atoms with Gasteiger partial charge < -0.3 is 15.8 Å². The Balaban J connectivity index is 2.80. The van der Waals surface area contributed by atoms with E-state index in [1.165, 1.54) is 5.56 Å². The highest BCUT2D eigenvalue weighted by Gasteiger charge is 2.10. The summed E-state index contributed by atoms with van der Waals surface area (Å²) in [7, 11) is 1.66. The van der Waals surface area contributed by atoms with Gasteiger partial charge in [0.1, 0.15) is 5.75 Å². The van der Waals surface area contributed by atoms with Crippen LogP contribution in [0, 0.1) is 0 Å². The lowest BCUT2D eigenvalue weighted by Gasteiger charge is -2.17. The summed E-state index contributed by atoms with van der Waals surface area (Å²) in [5.74, 6) is 0.843. The molecule has 1 aromatic rings. The van der Waals surface area contributed by atoms with Crippen molar-refractivity contribution in [2.24, 2.45) is 5.73 Å². The van der Waals surface area contributed by atoms with Crippen molar-refractivity contribution in [2.75, 3.05) is 20.2 Å². The van der Waals surface area contributed by atoms with Crippen LogP contribution in [0.4, 0.5) is 0 Å². The lowest BCUT2D eigenvalue weighted by molar-refractivity contribution is 0.411. The molecule has 0 radical (unpaired) electrons. The Morgan fingerprint density at radius 1 is 1.50 bits per heavy atom. The topological polar surface area (TPSA) is 47.3 Å². The summed E-state index contributed by atoms with van der Waals surface area (Å²) in [6.07, 6.45) is 1.10. The normalized spacial score (nSPS) is 12.5. The molecule has 3 nitrogen and oxygen atoms in total. The first-order chi connectivity index (χ1) is 7.72. The Morgan fingerprint density at radius 2 is 2.25 bits per heavy atom. The first-order valence-corrected chi connectivity index (χ1v) is 6.29. The third-order valence-corrected chi connectivity index (χ3v) is 3.07. The molecule has 0 aromatic heterocycles. The smallest absolute Gasteiger partial charge is 0.133 e. The molecule has 1 rings (SSSR count). The highest BCUT2D eigenvalue weighted by Crippen LogP contribution is 2.27. The van der Waals surface area contributed by atoms with Crippen LogP contribution >= 0.6 is 15.9 Å². The quantitative estimate of drug-likeness (QED) is 0.845. The van der Waals surface area contributed by atoms with Crippen molar-refractivity contribution < 1.29 is 4.74 Å². The molecule has 0 saturated carbocycles. The maximum atomic E-state index is 5.76. The van der Waals surface area contributed by atoms with Crippen LogP contribution in [0.1, 0.15) is 24.9 Å². The fourth-order valence-electron chi connectivity index (χ4n) is 1.56. The Morgan fingerprint density at radius 3 is 2.75 bits per heavy atom. The molecule has 1 aromatic carbocycles. The maximum Gasteiger partial charge on any atom is 0.133 e. The molecule has 0 heterocycles. The molecule has 0 spiro atoms. The minimum atomic E-state index is 0.210. The predicted octanol–water partition coefficient (Wildman–Crippen LogP) is 2.46.